The molecule has 2 nitrogen and oxygen atoms in total. The molecule has 0 radical (unpaired) electrons. The fourth-order valence-corrected chi connectivity index (χ4v) is 1.34. The van der Waals surface area contributed by atoms with Crippen LogP contribution < -0.4 is 11.1 Å². The van der Waals surface area contributed by atoms with Gasteiger partial charge in [0.05, 0.1) is 0 Å². The van der Waals surface area contributed by atoms with Crippen molar-refractivity contribution in [1.82, 2.24) is 5.32 Å². The summed E-state index contributed by atoms with van der Waals surface area (Å²) in [5.74, 6) is 0. The van der Waals surface area contributed by atoms with Gasteiger partial charge < -0.3 is 11.1 Å². The average molecular weight is 226 g/mol. The monoisotopic (exact) mass is 226 g/mol. The first kappa shape index (κ1) is 14.7. The molecule has 92 valence electrons. The second kappa shape index (κ2) is 7.93. The topological polar surface area (TPSA) is 38.0 Å². The Balaban J connectivity index is 3.18. The molecule has 1 unspecified atom stereocenters. The number of hydrogen-bond acceptors (Lipinski definition) is 2. The third-order valence-electron chi connectivity index (χ3n) is 2.17. The van der Waals surface area contributed by atoms with Crippen molar-refractivity contribution in [2.45, 2.75) is 51.2 Å². The van der Waals surface area contributed by atoms with Crippen molar-refractivity contribution in [1.29, 1.82) is 0 Å². The van der Waals surface area contributed by atoms with E-state index < -0.39 is 12.6 Å². The Morgan fingerprint density at radius 1 is 1.20 bits per heavy atom. The molecule has 0 spiro atoms. The Labute approximate surface area is 89.4 Å². The summed E-state index contributed by atoms with van der Waals surface area (Å²) >= 11 is 0. The van der Waals surface area contributed by atoms with Crippen LogP contribution in [0.15, 0.2) is 0 Å². The number of nitrogens with one attached hydrogen (secondary N) is 1. The van der Waals surface area contributed by atoms with Crippen LogP contribution in [0, 0.1) is 0 Å². The van der Waals surface area contributed by atoms with Gasteiger partial charge in [0.2, 0.25) is 0 Å². The first-order valence-corrected chi connectivity index (χ1v) is 5.48. The highest BCUT2D eigenvalue weighted by atomic mass is 19.4. The molecule has 1 atom stereocenters. The molecular formula is C10H21F3N2. The highest BCUT2D eigenvalue weighted by Crippen LogP contribution is 2.20. The van der Waals surface area contributed by atoms with Gasteiger partial charge in [-0.05, 0) is 32.4 Å². The van der Waals surface area contributed by atoms with Crippen molar-refractivity contribution in [3.63, 3.8) is 0 Å². The van der Waals surface area contributed by atoms with Crippen LogP contribution in [0.4, 0.5) is 13.2 Å². The van der Waals surface area contributed by atoms with Crippen molar-refractivity contribution in [2.24, 2.45) is 5.73 Å². The molecule has 0 rings (SSSR count). The standard InChI is InChI=1S/C10H21F3N2/c1-2-4-9(14)5-8-15-7-3-6-10(11,12)13/h9,15H,2-8,14H2,1H3. The smallest absolute Gasteiger partial charge is 0.328 e. The third kappa shape index (κ3) is 11.6. The summed E-state index contributed by atoms with van der Waals surface area (Å²) in [6, 6.07) is 0.171. The lowest BCUT2D eigenvalue weighted by atomic mass is 10.1. The van der Waals surface area contributed by atoms with E-state index in [0.717, 1.165) is 19.3 Å². The zero-order valence-corrected chi connectivity index (χ0v) is 9.24. The summed E-state index contributed by atoms with van der Waals surface area (Å²) < 4.78 is 35.2. The number of nitrogens with two attached hydrogens (primary N) is 1. The highest BCUT2D eigenvalue weighted by Gasteiger charge is 2.25. The molecule has 0 amide bonds. The van der Waals surface area contributed by atoms with Gasteiger partial charge in [0.25, 0.3) is 0 Å². The molecule has 0 aromatic carbocycles. The maximum atomic E-state index is 11.7. The van der Waals surface area contributed by atoms with E-state index >= 15 is 0 Å². The van der Waals surface area contributed by atoms with Crippen molar-refractivity contribution < 1.29 is 13.2 Å². The summed E-state index contributed by atoms with van der Waals surface area (Å²) in [6.45, 7) is 3.19. The first-order valence-electron chi connectivity index (χ1n) is 5.48. The quantitative estimate of drug-likeness (QED) is 0.624. The van der Waals surface area contributed by atoms with Crippen LogP contribution in [-0.4, -0.2) is 25.3 Å². The van der Waals surface area contributed by atoms with Crippen molar-refractivity contribution >= 4 is 0 Å². The maximum Gasteiger partial charge on any atom is 0.389 e. The zero-order valence-electron chi connectivity index (χ0n) is 9.24. The molecule has 0 aromatic rings. The molecule has 15 heavy (non-hydrogen) atoms. The first-order chi connectivity index (χ1) is 6.95. The minimum atomic E-state index is -4.03. The van der Waals surface area contributed by atoms with Crippen LogP contribution >= 0.6 is 0 Å². The molecule has 0 aromatic heterocycles. The molecule has 0 aliphatic rings. The average Bonchev–Trinajstić information content (AvgIpc) is 2.09. The van der Waals surface area contributed by atoms with Gasteiger partial charge in [-0.2, -0.15) is 13.2 Å². The number of halogens is 3. The Kier molecular flexibility index (Phi) is 7.78. The van der Waals surface area contributed by atoms with E-state index in [1.807, 2.05) is 0 Å². The van der Waals surface area contributed by atoms with Crippen LogP contribution in [0.25, 0.3) is 0 Å². The second-order valence-electron chi connectivity index (χ2n) is 3.81. The van der Waals surface area contributed by atoms with E-state index in [1.54, 1.807) is 0 Å². The zero-order chi connectivity index (χ0) is 11.7. The predicted octanol–water partition coefficient (Wildman–Crippen LogP) is 2.44. The largest absolute Gasteiger partial charge is 0.389 e. The van der Waals surface area contributed by atoms with E-state index in [0.29, 0.717) is 13.1 Å². The minimum absolute atomic E-state index is 0.145. The summed E-state index contributed by atoms with van der Waals surface area (Å²) in [6.07, 6.45) is -1.73. The molecule has 3 N–H and O–H groups in total. The maximum absolute atomic E-state index is 11.7. The lowest BCUT2D eigenvalue weighted by Gasteiger charge is -2.11. The normalized spacial score (nSPS) is 14.2. The van der Waals surface area contributed by atoms with Gasteiger partial charge in [-0.15, -0.1) is 0 Å². The Bertz CT molecular complexity index is 148. The Hall–Kier alpha value is -0.290. The van der Waals surface area contributed by atoms with Gasteiger partial charge in [-0.25, -0.2) is 0 Å². The van der Waals surface area contributed by atoms with Crippen LogP contribution in [0.5, 0.6) is 0 Å². The van der Waals surface area contributed by atoms with Crippen LogP contribution in [0.1, 0.15) is 39.0 Å². The lowest BCUT2D eigenvalue weighted by molar-refractivity contribution is -0.135. The van der Waals surface area contributed by atoms with Crippen LogP contribution in [-0.2, 0) is 0 Å². The van der Waals surface area contributed by atoms with Crippen molar-refractivity contribution in [2.75, 3.05) is 13.1 Å². The van der Waals surface area contributed by atoms with Gasteiger partial charge in [0.15, 0.2) is 0 Å². The summed E-state index contributed by atoms with van der Waals surface area (Å²) in [7, 11) is 0. The third-order valence-corrected chi connectivity index (χ3v) is 2.17. The molecule has 0 heterocycles. The van der Waals surface area contributed by atoms with E-state index in [2.05, 4.69) is 12.2 Å². The van der Waals surface area contributed by atoms with Gasteiger partial charge in [-0.1, -0.05) is 13.3 Å². The van der Waals surface area contributed by atoms with E-state index in [4.69, 9.17) is 5.73 Å². The van der Waals surface area contributed by atoms with E-state index in [-0.39, 0.29) is 12.5 Å². The summed E-state index contributed by atoms with van der Waals surface area (Å²) in [5, 5.41) is 2.97. The van der Waals surface area contributed by atoms with E-state index in [1.165, 1.54) is 0 Å². The number of rotatable bonds is 8. The van der Waals surface area contributed by atoms with E-state index in [9.17, 15) is 13.2 Å². The molecule has 0 aliphatic carbocycles. The summed E-state index contributed by atoms with van der Waals surface area (Å²) in [5.41, 5.74) is 5.75. The Morgan fingerprint density at radius 2 is 1.87 bits per heavy atom. The van der Waals surface area contributed by atoms with Gasteiger partial charge in [0, 0.05) is 12.5 Å². The Morgan fingerprint density at radius 3 is 2.40 bits per heavy atom. The number of hydrogen-bond donors (Lipinski definition) is 2. The lowest BCUT2D eigenvalue weighted by Crippen LogP contribution is -2.27. The molecule has 0 saturated heterocycles. The fourth-order valence-electron chi connectivity index (χ4n) is 1.34. The predicted molar refractivity (Wildman–Crippen MR) is 55.7 cm³/mol. The van der Waals surface area contributed by atoms with Gasteiger partial charge in [-0.3, -0.25) is 0 Å². The molecule has 5 heteroatoms. The van der Waals surface area contributed by atoms with Crippen LogP contribution in [0.2, 0.25) is 0 Å². The van der Waals surface area contributed by atoms with Crippen molar-refractivity contribution in [3.05, 3.63) is 0 Å². The van der Waals surface area contributed by atoms with Crippen molar-refractivity contribution in [3.8, 4) is 0 Å². The molecule has 0 saturated carbocycles. The molecule has 0 aliphatic heterocycles. The SMILES string of the molecule is CCCC(N)CCNCCCC(F)(F)F. The van der Waals surface area contributed by atoms with Gasteiger partial charge >= 0.3 is 6.18 Å². The molecule has 0 fully saturated rings. The molecular weight excluding hydrogens is 205 g/mol. The minimum Gasteiger partial charge on any atom is -0.328 e. The second-order valence-corrected chi connectivity index (χ2v) is 3.81. The highest BCUT2D eigenvalue weighted by molar-refractivity contribution is 4.62. The fraction of sp³-hybridized carbons (Fsp3) is 1.00. The summed E-state index contributed by atoms with van der Waals surface area (Å²) in [4.78, 5) is 0. The van der Waals surface area contributed by atoms with Crippen LogP contribution in [0.3, 0.4) is 0 Å². The number of alkyl halides is 3. The van der Waals surface area contributed by atoms with Gasteiger partial charge in [0.1, 0.15) is 0 Å². The molecule has 0 bridgehead atoms.